The summed E-state index contributed by atoms with van der Waals surface area (Å²) in [6.07, 6.45) is 0.842. The lowest BCUT2D eigenvalue weighted by Crippen LogP contribution is -2.31. The van der Waals surface area contributed by atoms with Gasteiger partial charge in [-0.25, -0.2) is 4.79 Å². The van der Waals surface area contributed by atoms with Gasteiger partial charge in [-0.1, -0.05) is 13.0 Å². The fraction of sp³-hybridized carbons (Fsp3) is 0.333. The van der Waals surface area contributed by atoms with Gasteiger partial charge in [-0.05, 0) is 18.6 Å². The Morgan fingerprint density at radius 3 is 3.00 bits per heavy atom. The number of nitrogens with zero attached hydrogens (tertiary/aromatic N) is 1. The maximum absolute atomic E-state index is 11.7. The van der Waals surface area contributed by atoms with Crippen molar-refractivity contribution < 1.29 is 9.21 Å². The normalized spacial score (nSPS) is 10.7. The van der Waals surface area contributed by atoms with E-state index in [0.717, 1.165) is 6.42 Å². The fourth-order valence-electron chi connectivity index (χ4n) is 1.76. The molecule has 0 aliphatic rings. The average Bonchev–Trinajstić information content (AvgIpc) is 2.65. The first-order chi connectivity index (χ1) is 8.63. The number of carbonyl (C=O) groups excluding carboxylic acids is 1. The van der Waals surface area contributed by atoms with Crippen molar-refractivity contribution in [1.29, 1.82) is 0 Å². The number of para-hydroxylation sites is 1. The third-order valence-corrected chi connectivity index (χ3v) is 2.59. The highest BCUT2D eigenvalue weighted by molar-refractivity contribution is 5.87. The summed E-state index contributed by atoms with van der Waals surface area (Å²) >= 11 is 0. The molecule has 0 spiro atoms. The summed E-state index contributed by atoms with van der Waals surface area (Å²) < 4.78 is 6.28. The van der Waals surface area contributed by atoms with Crippen molar-refractivity contribution in [2.24, 2.45) is 0 Å². The molecule has 96 valence electrons. The lowest BCUT2D eigenvalue weighted by Gasteiger charge is -2.05. The first-order valence-corrected chi connectivity index (χ1v) is 5.78. The Hall–Kier alpha value is -2.24. The van der Waals surface area contributed by atoms with Gasteiger partial charge in [0.1, 0.15) is 12.1 Å². The largest absolute Gasteiger partial charge is 0.420 e. The van der Waals surface area contributed by atoms with E-state index in [1.807, 2.05) is 6.92 Å². The number of fused-ring (bicyclic) bond motifs is 1. The maximum Gasteiger partial charge on any atom is 0.420 e. The van der Waals surface area contributed by atoms with Gasteiger partial charge in [-0.3, -0.25) is 9.36 Å². The molecule has 0 unspecified atom stereocenters. The Bertz CT molecular complexity index is 627. The van der Waals surface area contributed by atoms with Gasteiger partial charge in [-0.2, -0.15) is 0 Å². The van der Waals surface area contributed by atoms with Crippen molar-refractivity contribution >= 4 is 22.7 Å². The zero-order valence-corrected chi connectivity index (χ0v) is 10.1. The summed E-state index contributed by atoms with van der Waals surface area (Å²) in [5.74, 6) is -0.806. The summed E-state index contributed by atoms with van der Waals surface area (Å²) in [5, 5.41) is 2.70. The van der Waals surface area contributed by atoms with Crippen LogP contribution in [0.2, 0.25) is 0 Å². The quantitative estimate of drug-likeness (QED) is 0.780. The highest BCUT2D eigenvalue weighted by atomic mass is 16.4. The molecule has 3 N–H and O–H groups in total. The molecule has 0 saturated carbocycles. The number of nitrogens with two attached hydrogens (primary N) is 1. The van der Waals surface area contributed by atoms with Gasteiger partial charge < -0.3 is 15.5 Å². The van der Waals surface area contributed by atoms with Gasteiger partial charge in [0.15, 0.2) is 5.58 Å². The van der Waals surface area contributed by atoms with Crippen LogP contribution in [0.1, 0.15) is 13.3 Å². The maximum atomic E-state index is 11.7. The Labute approximate surface area is 103 Å². The molecule has 1 aromatic heterocycles. The van der Waals surface area contributed by atoms with Gasteiger partial charge in [0.2, 0.25) is 5.91 Å². The molecule has 6 nitrogen and oxygen atoms in total. The standard InChI is InChI=1S/C12H15N3O3/c1-2-6-14-10(16)7-15-11-8(13)4-3-5-9(11)18-12(15)17/h3-5H,2,6-7,13H2,1H3,(H,14,16). The smallest absolute Gasteiger partial charge is 0.408 e. The lowest BCUT2D eigenvalue weighted by atomic mass is 10.3. The zero-order chi connectivity index (χ0) is 13.1. The van der Waals surface area contributed by atoms with Crippen molar-refractivity contribution in [2.45, 2.75) is 19.9 Å². The van der Waals surface area contributed by atoms with Crippen molar-refractivity contribution in [3.63, 3.8) is 0 Å². The minimum absolute atomic E-state index is 0.0833. The third kappa shape index (κ3) is 2.22. The Morgan fingerprint density at radius 1 is 1.50 bits per heavy atom. The second-order valence-corrected chi connectivity index (χ2v) is 4.00. The molecule has 18 heavy (non-hydrogen) atoms. The molecule has 2 aromatic rings. The van der Waals surface area contributed by atoms with E-state index in [1.165, 1.54) is 4.57 Å². The highest BCUT2D eigenvalue weighted by Gasteiger charge is 2.14. The number of nitrogen functional groups attached to an aromatic ring is 1. The van der Waals surface area contributed by atoms with E-state index in [4.69, 9.17) is 10.2 Å². The SMILES string of the molecule is CCCNC(=O)Cn1c(=O)oc2cccc(N)c21. The van der Waals surface area contributed by atoms with E-state index in [9.17, 15) is 9.59 Å². The molecule has 0 fully saturated rings. The first-order valence-electron chi connectivity index (χ1n) is 5.78. The van der Waals surface area contributed by atoms with Crippen molar-refractivity contribution in [1.82, 2.24) is 9.88 Å². The van der Waals surface area contributed by atoms with Crippen LogP contribution in [0.4, 0.5) is 5.69 Å². The molecule has 1 heterocycles. The van der Waals surface area contributed by atoms with Crippen LogP contribution in [0.5, 0.6) is 0 Å². The lowest BCUT2D eigenvalue weighted by molar-refractivity contribution is -0.121. The number of aromatic nitrogens is 1. The van der Waals surface area contributed by atoms with Gasteiger partial charge in [0.05, 0.1) is 5.69 Å². The molecule has 0 bridgehead atoms. The van der Waals surface area contributed by atoms with Crippen molar-refractivity contribution in [3.8, 4) is 0 Å². The van der Waals surface area contributed by atoms with Gasteiger partial charge in [0, 0.05) is 6.54 Å². The Balaban J connectivity index is 2.36. The van der Waals surface area contributed by atoms with Crippen molar-refractivity contribution in [2.75, 3.05) is 12.3 Å². The summed E-state index contributed by atoms with van der Waals surface area (Å²) in [4.78, 5) is 23.3. The van der Waals surface area contributed by atoms with E-state index in [-0.39, 0.29) is 12.5 Å². The molecule has 2 rings (SSSR count). The summed E-state index contributed by atoms with van der Waals surface area (Å²) in [5.41, 5.74) is 7.07. The minimum atomic E-state index is -0.574. The predicted molar refractivity (Wildman–Crippen MR) is 68.2 cm³/mol. The average molecular weight is 249 g/mol. The minimum Gasteiger partial charge on any atom is -0.408 e. The fourth-order valence-corrected chi connectivity index (χ4v) is 1.76. The van der Waals surface area contributed by atoms with E-state index >= 15 is 0 Å². The Morgan fingerprint density at radius 2 is 2.28 bits per heavy atom. The molecule has 0 atom stereocenters. The molecule has 0 aliphatic heterocycles. The monoisotopic (exact) mass is 249 g/mol. The van der Waals surface area contributed by atoms with E-state index in [2.05, 4.69) is 5.32 Å². The van der Waals surface area contributed by atoms with Gasteiger partial charge in [-0.15, -0.1) is 0 Å². The van der Waals surface area contributed by atoms with Crippen LogP contribution in [0.15, 0.2) is 27.4 Å². The topological polar surface area (TPSA) is 90.3 Å². The third-order valence-electron chi connectivity index (χ3n) is 2.59. The molecule has 6 heteroatoms. The number of anilines is 1. The molecular weight excluding hydrogens is 234 g/mol. The van der Waals surface area contributed by atoms with Gasteiger partial charge in [0.25, 0.3) is 0 Å². The number of nitrogens with one attached hydrogen (secondary N) is 1. The van der Waals surface area contributed by atoms with Gasteiger partial charge >= 0.3 is 5.76 Å². The second-order valence-electron chi connectivity index (χ2n) is 4.00. The molecule has 0 radical (unpaired) electrons. The molecule has 1 amide bonds. The van der Waals surface area contributed by atoms with Crippen LogP contribution in [0.3, 0.4) is 0 Å². The van der Waals surface area contributed by atoms with Crippen LogP contribution >= 0.6 is 0 Å². The summed E-state index contributed by atoms with van der Waals surface area (Å²) in [7, 11) is 0. The van der Waals surface area contributed by atoms with E-state index in [1.54, 1.807) is 18.2 Å². The number of carbonyl (C=O) groups is 1. The van der Waals surface area contributed by atoms with Crippen LogP contribution < -0.4 is 16.8 Å². The molecular formula is C12H15N3O3. The van der Waals surface area contributed by atoms with E-state index < -0.39 is 5.76 Å². The van der Waals surface area contributed by atoms with E-state index in [0.29, 0.717) is 23.3 Å². The molecule has 0 aliphatic carbocycles. The van der Waals surface area contributed by atoms with Crippen LogP contribution in [-0.2, 0) is 11.3 Å². The number of hydrogen-bond donors (Lipinski definition) is 2. The molecule has 0 saturated heterocycles. The second kappa shape index (κ2) is 4.95. The number of oxazole rings is 1. The number of benzene rings is 1. The van der Waals surface area contributed by atoms with Crippen LogP contribution in [0, 0.1) is 0 Å². The number of rotatable bonds is 4. The summed E-state index contributed by atoms with van der Waals surface area (Å²) in [6, 6.07) is 5.01. The van der Waals surface area contributed by atoms with Crippen LogP contribution in [-0.4, -0.2) is 17.0 Å². The zero-order valence-electron chi connectivity index (χ0n) is 10.1. The summed E-state index contributed by atoms with van der Waals surface area (Å²) in [6.45, 7) is 2.45. The highest BCUT2D eigenvalue weighted by Crippen LogP contribution is 2.19. The number of amides is 1. The number of hydrogen-bond acceptors (Lipinski definition) is 4. The van der Waals surface area contributed by atoms with Crippen molar-refractivity contribution in [3.05, 3.63) is 28.7 Å². The Kier molecular flexibility index (Phi) is 3.36. The molecule has 1 aromatic carbocycles. The van der Waals surface area contributed by atoms with Crippen LogP contribution in [0.25, 0.3) is 11.1 Å². The predicted octanol–water partition coefficient (Wildman–Crippen LogP) is 0.703. The first kappa shape index (κ1) is 12.2.